The Morgan fingerprint density at radius 1 is 1.15 bits per heavy atom. The van der Waals surface area contributed by atoms with Gasteiger partial charge in [0.15, 0.2) is 0 Å². The van der Waals surface area contributed by atoms with E-state index < -0.39 is 5.92 Å². The molecule has 0 unspecified atom stereocenters. The molecule has 0 heterocycles. The molecule has 0 atom stereocenters. The van der Waals surface area contributed by atoms with Crippen LogP contribution in [0.2, 0.25) is 0 Å². The zero-order chi connectivity index (χ0) is 10.5. The van der Waals surface area contributed by atoms with Crippen LogP contribution in [0.3, 0.4) is 0 Å². The van der Waals surface area contributed by atoms with Crippen LogP contribution >= 0.6 is 0 Å². The second-order valence-corrected chi connectivity index (χ2v) is 4.31. The van der Waals surface area contributed by atoms with Crippen LogP contribution in [0, 0.1) is 5.92 Å². The van der Waals surface area contributed by atoms with Crippen molar-refractivity contribution in [2.45, 2.75) is 52.5 Å². The second kappa shape index (κ2) is 5.53. The van der Waals surface area contributed by atoms with Gasteiger partial charge in [0.25, 0.3) is 0 Å². The van der Waals surface area contributed by atoms with Crippen molar-refractivity contribution in [3.63, 3.8) is 0 Å². The average molecular weight is 193 g/mol. The van der Waals surface area contributed by atoms with Gasteiger partial charge in [0.1, 0.15) is 0 Å². The molecule has 0 aliphatic rings. The number of alkyl halides is 2. The summed E-state index contributed by atoms with van der Waals surface area (Å²) in [6.07, 6.45) is -0.0594. The lowest BCUT2D eigenvalue weighted by Crippen LogP contribution is -2.30. The van der Waals surface area contributed by atoms with Gasteiger partial charge in [-0.25, -0.2) is 8.78 Å². The summed E-state index contributed by atoms with van der Waals surface area (Å²) >= 11 is 0. The minimum atomic E-state index is -2.50. The van der Waals surface area contributed by atoms with E-state index in [1.807, 2.05) is 27.7 Å². The fraction of sp³-hybridized carbons (Fsp3) is 1.00. The standard InChI is InChI=1S/C10H21F2N/c1-8(2)7-10(11,12)5-6-13-9(3)4/h8-9,13H,5-7H2,1-4H3. The Labute approximate surface area is 79.9 Å². The number of nitrogens with one attached hydrogen (secondary N) is 1. The monoisotopic (exact) mass is 193 g/mol. The number of halogens is 2. The molecule has 0 aliphatic heterocycles. The number of rotatable bonds is 6. The van der Waals surface area contributed by atoms with Gasteiger partial charge in [-0.3, -0.25) is 0 Å². The van der Waals surface area contributed by atoms with Gasteiger partial charge in [0.05, 0.1) is 0 Å². The summed E-state index contributed by atoms with van der Waals surface area (Å²) in [7, 11) is 0. The van der Waals surface area contributed by atoms with E-state index in [2.05, 4.69) is 5.32 Å². The highest BCUT2D eigenvalue weighted by Crippen LogP contribution is 2.26. The molecular formula is C10H21F2N. The number of hydrogen-bond donors (Lipinski definition) is 1. The van der Waals surface area contributed by atoms with Gasteiger partial charge in [0, 0.05) is 25.4 Å². The summed E-state index contributed by atoms with van der Waals surface area (Å²) in [6, 6.07) is 0.287. The maximum absolute atomic E-state index is 13.1. The Hall–Kier alpha value is -0.180. The maximum atomic E-state index is 13.1. The van der Waals surface area contributed by atoms with Crippen molar-refractivity contribution in [2.75, 3.05) is 6.54 Å². The van der Waals surface area contributed by atoms with E-state index in [4.69, 9.17) is 0 Å². The first-order valence-corrected chi connectivity index (χ1v) is 4.94. The molecule has 0 radical (unpaired) electrons. The van der Waals surface area contributed by atoms with Crippen LogP contribution < -0.4 is 5.32 Å². The lowest BCUT2D eigenvalue weighted by molar-refractivity contribution is -0.0266. The molecule has 0 bridgehead atoms. The fourth-order valence-electron chi connectivity index (χ4n) is 1.24. The quantitative estimate of drug-likeness (QED) is 0.683. The molecule has 0 saturated carbocycles. The van der Waals surface area contributed by atoms with E-state index >= 15 is 0 Å². The predicted molar refractivity (Wildman–Crippen MR) is 52.2 cm³/mol. The van der Waals surface area contributed by atoms with Crippen LogP contribution in [0.4, 0.5) is 8.78 Å². The van der Waals surface area contributed by atoms with Crippen molar-refractivity contribution in [2.24, 2.45) is 5.92 Å². The minimum absolute atomic E-state index is 0.00717. The summed E-state index contributed by atoms with van der Waals surface area (Å²) in [5.74, 6) is -2.44. The van der Waals surface area contributed by atoms with Crippen molar-refractivity contribution >= 4 is 0 Å². The lowest BCUT2D eigenvalue weighted by Gasteiger charge is -2.19. The summed E-state index contributed by atoms with van der Waals surface area (Å²) in [4.78, 5) is 0. The zero-order valence-electron chi connectivity index (χ0n) is 9.03. The highest BCUT2D eigenvalue weighted by molar-refractivity contribution is 4.70. The molecule has 0 fully saturated rings. The molecule has 0 aromatic heterocycles. The molecule has 0 amide bonds. The predicted octanol–water partition coefficient (Wildman–Crippen LogP) is 3.06. The molecule has 0 saturated heterocycles. The van der Waals surface area contributed by atoms with Gasteiger partial charge in [-0.05, 0) is 5.92 Å². The SMILES string of the molecule is CC(C)CC(F)(F)CCNC(C)C. The highest BCUT2D eigenvalue weighted by atomic mass is 19.3. The van der Waals surface area contributed by atoms with Crippen LogP contribution in [-0.4, -0.2) is 18.5 Å². The molecule has 0 rings (SSSR count). The van der Waals surface area contributed by atoms with Crippen molar-refractivity contribution < 1.29 is 8.78 Å². The van der Waals surface area contributed by atoms with Crippen molar-refractivity contribution in [1.29, 1.82) is 0 Å². The first-order valence-electron chi connectivity index (χ1n) is 4.94. The zero-order valence-corrected chi connectivity index (χ0v) is 9.03. The summed E-state index contributed by atoms with van der Waals surface area (Å²) in [5, 5.41) is 2.99. The normalized spacial score (nSPS) is 12.9. The minimum Gasteiger partial charge on any atom is -0.314 e. The Bertz CT molecular complexity index is 133. The van der Waals surface area contributed by atoms with Gasteiger partial charge in [0.2, 0.25) is 5.92 Å². The third-order valence-electron chi connectivity index (χ3n) is 1.75. The highest BCUT2D eigenvalue weighted by Gasteiger charge is 2.28. The maximum Gasteiger partial charge on any atom is 0.249 e. The van der Waals surface area contributed by atoms with Crippen LogP contribution in [-0.2, 0) is 0 Å². The molecule has 0 aromatic rings. The van der Waals surface area contributed by atoms with Crippen molar-refractivity contribution in [1.82, 2.24) is 5.32 Å². The molecule has 1 N–H and O–H groups in total. The average Bonchev–Trinajstić information content (AvgIpc) is 1.81. The number of hydrogen-bond acceptors (Lipinski definition) is 1. The Balaban J connectivity index is 3.62. The summed E-state index contributed by atoms with van der Waals surface area (Å²) < 4.78 is 26.2. The first-order chi connectivity index (χ1) is 5.83. The molecule has 13 heavy (non-hydrogen) atoms. The molecule has 3 heteroatoms. The third kappa shape index (κ3) is 8.16. The van der Waals surface area contributed by atoms with E-state index in [0.717, 1.165) is 0 Å². The van der Waals surface area contributed by atoms with Crippen LogP contribution in [0.5, 0.6) is 0 Å². The Morgan fingerprint density at radius 3 is 2.08 bits per heavy atom. The van der Waals surface area contributed by atoms with Crippen molar-refractivity contribution in [3.8, 4) is 0 Å². The van der Waals surface area contributed by atoms with E-state index in [1.54, 1.807) is 0 Å². The lowest BCUT2D eigenvalue weighted by atomic mass is 10.0. The first kappa shape index (κ1) is 12.8. The molecule has 0 aromatic carbocycles. The van der Waals surface area contributed by atoms with E-state index in [-0.39, 0.29) is 24.8 Å². The van der Waals surface area contributed by atoms with Crippen LogP contribution in [0.15, 0.2) is 0 Å². The summed E-state index contributed by atoms with van der Waals surface area (Å²) in [6.45, 7) is 7.96. The van der Waals surface area contributed by atoms with Gasteiger partial charge < -0.3 is 5.32 Å². The van der Waals surface area contributed by atoms with E-state index in [1.165, 1.54) is 0 Å². The Kier molecular flexibility index (Phi) is 5.45. The smallest absolute Gasteiger partial charge is 0.249 e. The molecule has 1 nitrogen and oxygen atoms in total. The van der Waals surface area contributed by atoms with E-state index in [0.29, 0.717) is 6.54 Å². The van der Waals surface area contributed by atoms with Gasteiger partial charge in [-0.2, -0.15) is 0 Å². The molecular weight excluding hydrogens is 172 g/mol. The molecule has 0 aliphatic carbocycles. The van der Waals surface area contributed by atoms with Gasteiger partial charge in [-0.15, -0.1) is 0 Å². The Morgan fingerprint density at radius 2 is 1.69 bits per heavy atom. The largest absolute Gasteiger partial charge is 0.314 e. The summed E-state index contributed by atoms with van der Waals surface area (Å²) in [5.41, 5.74) is 0. The van der Waals surface area contributed by atoms with Gasteiger partial charge >= 0.3 is 0 Å². The third-order valence-corrected chi connectivity index (χ3v) is 1.75. The van der Waals surface area contributed by atoms with Crippen LogP contribution in [0.1, 0.15) is 40.5 Å². The fourth-order valence-corrected chi connectivity index (χ4v) is 1.24. The van der Waals surface area contributed by atoms with Gasteiger partial charge in [-0.1, -0.05) is 27.7 Å². The topological polar surface area (TPSA) is 12.0 Å². The van der Waals surface area contributed by atoms with Crippen LogP contribution in [0.25, 0.3) is 0 Å². The second-order valence-electron chi connectivity index (χ2n) is 4.31. The van der Waals surface area contributed by atoms with Crippen molar-refractivity contribution in [3.05, 3.63) is 0 Å². The molecule has 80 valence electrons. The van der Waals surface area contributed by atoms with E-state index in [9.17, 15) is 8.78 Å². The molecule has 0 spiro atoms.